The number of nitrogens with one attached hydrogen (secondary N) is 1. The first kappa shape index (κ1) is 30.1. The molecule has 2 heterocycles. The van der Waals surface area contributed by atoms with E-state index in [0.29, 0.717) is 29.9 Å². The van der Waals surface area contributed by atoms with E-state index in [1.54, 1.807) is 0 Å². The zero-order chi connectivity index (χ0) is 28.9. The van der Waals surface area contributed by atoms with Crippen LogP contribution in [0.3, 0.4) is 0 Å². The highest BCUT2D eigenvalue weighted by Crippen LogP contribution is 2.39. The van der Waals surface area contributed by atoms with E-state index in [4.69, 9.17) is 16.3 Å². The van der Waals surface area contributed by atoms with Crippen molar-refractivity contribution in [1.29, 1.82) is 0 Å². The van der Waals surface area contributed by atoms with Gasteiger partial charge in [0.1, 0.15) is 5.75 Å². The quantitative estimate of drug-likeness (QED) is 0.399. The number of fused-ring (bicyclic) bond motifs is 1. The Bertz CT molecular complexity index is 1280. The average Bonchev–Trinajstić information content (AvgIpc) is 3.80. The number of hydrogen-bond acceptors (Lipinski definition) is 5. The van der Waals surface area contributed by atoms with Crippen LogP contribution in [0.15, 0.2) is 53.4 Å². The smallest absolute Gasteiger partial charge is 0.249 e. The highest BCUT2D eigenvalue weighted by atomic mass is 35.5. The molecule has 8 heteroatoms. The van der Waals surface area contributed by atoms with Gasteiger partial charge in [0.15, 0.2) is 11.0 Å². The Labute approximate surface area is 253 Å². The van der Waals surface area contributed by atoms with Crippen LogP contribution in [-0.2, 0) is 22.2 Å². The zero-order valence-electron chi connectivity index (χ0n) is 24.6. The number of amides is 1. The molecule has 0 radical (unpaired) electrons. The molecule has 2 aromatic rings. The SMILES string of the molecule is CCCc1cc(Cl)ccc1C1COc2ccc3cc2N(CCC(CC)C/C=C/CN(C)C(C2CC2)C(=O)NS3=O)C1. The number of likely N-dealkylation sites (N-methyl/N-ethyl adjacent to an activating group) is 1. The summed E-state index contributed by atoms with van der Waals surface area (Å²) in [5, 5.41) is 0.767. The first-order valence-electron chi connectivity index (χ1n) is 15.3. The molecule has 1 aliphatic carbocycles. The molecule has 222 valence electrons. The van der Waals surface area contributed by atoms with Crippen LogP contribution in [-0.4, -0.2) is 54.3 Å². The molecule has 1 N–H and O–H groups in total. The molecule has 2 aromatic carbocycles. The Morgan fingerprint density at radius 1 is 1.10 bits per heavy atom. The largest absolute Gasteiger partial charge is 0.491 e. The van der Waals surface area contributed by atoms with Gasteiger partial charge in [-0.3, -0.25) is 14.4 Å². The number of benzene rings is 2. The molecule has 1 amide bonds. The van der Waals surface area contributed by atoms with E-state index < -0.39 is 11.0 Å². The van der Waals surface area contributed by atoms with Crippen molar-refractivity contribution < 1.29 is 13.7 Å². The van der Waals surface area contributed by atoms with Crippen molar-refractivity contribution >= 4 is 34.2 Å². The highest BCUT2D eigenvalue weighted by Gasteiger charge is 2.39. The maximum Gasteiger partial charge on any atom is 0.249 e. The fourth-order valence-corrected chi connectivity index (χ4v) is 7.34. The van der Waals surface area contributed by atoms with Crippen LogP contribution < -0.4 is 14.4 Å². The Balaban J connectivity index is 1.48. The summed E-state index contributed by atoms with van der Waals surface area (Å²) in [6.45, 7) is 7.42. The molecule has 6 nitrogen and oxygen atoms in total. The van der Waals surface area contributed by atoms with Gasteiger partial charge in [0.25, 0.3) is 0 Å². The number of carbonyl (C=O) groups is 1. The number of nitrogens with zero attached hydrogens (tertiary/aromatic N) is 2. The van der Waals surface area contributed by atoms with Crippen molar-refractivity contribution in [1.82, 2.24) is 9.62 Å². The van der Waals surface area contributed by atoms with Crippen LogP contribution in [0.25, 0.3) is 0 Å². The zero-order valence-corrected chi connectivity index (χ0v) is 26.2. The minimum absolute atomic E-state index is 0.158. The number of rotatable bonds is 5. The summed E-state index contributed by atoms with van der Waals surface area (Å²) < 4.78 is 22.8. The van der Waals surface area contributed by atoms with Crippen LogP contribution in [0.4, 0.5) is 5.69 Å². The lowest BCUT2D eigenvalue weighted by Crippen LogP contribution is -2.47. The second-order valence-corrected chi connectivity index (χ2v) is 13.6. The van der Waals surface area contributed by atoms with E-state index in [-0.39, 0.29) is 17.9 Å². The summed E-state index contributed by atoms with van der Waals surface area (Å²) in [6.07, 6.45) is 11.8. The van der Waals surface area contributed by atoms with Crippen LogP contribution in [0, 0.1) is 11.8 Å². The number of aryl methyl sites for hydroxylation is 1. The average molecular weight is 598 g/mol. The topological polar surface area (TPSA) is 61.9 Å². The first-order valence-corrected chi connectivity index (χ1v) is 16.8. The van der Waals surface area contributed by atoms with Gasteiger partial charge in [-0.05, 0) is 92.4 Å². The summed E-state index contributed by atoms with van der Waals surface area (Å²) in [5.74, 6) is 1.70. The predicted octanol–water partition coefficient (Wildman–Crippen LogP) is 6.50. The van der Waals surface area contributed by atoms with Crippen molar-refractivity contribution in [3.63, 3.8) is 0 Å². The molecule has 3 aliphatic rings. The van der Waals surface area contributed by atoms with Gasteiger partial charge in [-0.1, -0.05) is 56.5 Å². The van der Waals surface area contributed by atoms with E-state index in [9.17, 15) is 9.00 Å². The molecule has 4 atom stereocenters. The number of hydrogen-bond donors (Lipinski definition) is 1. The molecule has 41 heavy (non-hydrogen) atoms. The Morgan fingerprint density at radius 3 is 2.68 bits per heavy atom. The standard InChI is InChI=1S/C33H44ClN3O3S/c1-4-8-25-19-27(34)12-14-29(25)26-21-37-18-16-23(5-2)9-6-7-17-36(3)32(24-10-11-24)33(38)35-41(39)28-13-15-31(40-22-26)30(37)20-28/h6-7,12-15,19-20,23-24,26,32H,4-5,8-11,16-18,21-22H2,1-3H3,(H,35,38)/b7-6+. The Hall–Kier alpha value is -2.35. The van der Waals surface area contributed by atoms with Gasteiger partial charge < -0.3 is 9.64 Å². The highest BCUT2D eigenvalue weighted by molar-refractivity contribution is 7.83. The van der Waals surface area contributed by atoms with Gasteiger partial charge in [-0.2, -0.15) is 0 Å². The summed E-state index contributed by atoms with van der Waals surface area (Å²) in [7, 11) is 0.340. The van der Waals surface area contributed by atoms with Crippen molar-refractivity contribution in [2.45, 2.75) is 75.6 Å². The van der Waals surface area contributed by atoms with Gasteiger partial charge in [0.2, 0.25) is 5.91 Å². The van der Waals surface area contributed by atoms with Gasteiger partial charge in [0.05, 0.1) is 23.2 Å². The molecule has 5 rings (SSSR count). The van der Waals surface area contributed by atoms with Crippen molar-refractivity contribution in [3.05, 3.63) is 64.7 Å². The van der Waals surface area contributed by atoms with E-state index >= 15 is 0 Å². The van der Waals surface area contributed by atoms with Crippen molar-refractivity contribution in [2.24, 2.45) is 11.8 Å². The van der Waals surface area contributed by atoms with E-state index in [0.717, 1.165) is 74.5 Å². The number of allylic oxidation sites excluding steroid dienone is 1. The monoisotopic (exact) mass is 597 g/mol. The predicted molar refractivity (Wildman–Crippen MR) is 168 cm³/mol. The van der Waals surface area contributed by atoms with Crippen LogP contribution in [0.1, 0.15) is 69.4 Å². The number of ether oxygens (including phenoxy) is 1. The summed E-state index contributed by atoms with van der Waals surface area (Å²) in [5.41, 5.74) is 3.52. The van der Waals surface area contributed by atoms with E-state index in [2.05, 4.69) is 52.7 Å². The second-order valence-electron chi connectivity index (χ2n) is 11.9. The second kappa shape index (κ2) is 13.7. The summed E-state index contributed by atoms with van der Waals surface area (Å²) in [4.78, 5) is 18.5. The number of halogens is 1. The Morgan fingerprint density at radius 2 is 1.93 bits per heavy atom. The van der Waals surface area contributed by atoms with Crippen LogP contribution in [0.5, 0.6) is 5.75 Å². The molecule has 2 bridgehead atoms. The Kier molecular flexibility index (Phi) is 10.1. The van der Waals surface area contributed by atoms with Crippen molar-refractivity contribution in [2.75, 3.05) is 38.2 Å². The maximum absolute atomic E-state index is 13.5. The molecule has 2 aliphatic heterocycles. The van der Waals surface area contributed by atoms with Gasteiger partial charge >= 0.3 is 0 Å². The third kappa shape index (κ3) is 7.36. The molecule has 0 spiro atoms. The number of anilines is 1. The lowest BCUT2D eigenvalue weighted by atomic mass is 9.91. The minimum atomic E-state index is -1.66. The number of carbonyl (C=O) groups excluding carboxylic acids is 1. The lowest BCUT2D eigenvalue weighted by molar-refractivity contribution is -0.124. The third-order valence-corrected chi connectivity index (χ3v) is 10.2. The fourth-order valence-electron chi connectivity index (χ4n) is 6.31. The first-order chi connectivity index (χ1) is 19.9. The van der Waals surface area contributed by atoms with Crippen LogP contribution in [0.2, 0.25) is 5.02 Å². The van der Waals surface area contributed by atoms with Gasteiger partial charge in [-0.25, -0.2) is 4.21 Å². The van der Waals surface area contributed by atoms with Gasteiger partial charge in [0, 0.05) is 30.6 Å². The maximum atomic E-state index is 13.5. The van der Waals surface area contributed by atoms with Crippen molar-refractivity contribution in [3.8, 4) is 5.75 Å². The normalized spacial score (nSPS) is 27.0. The molecule has 1 fully saturated rings. The lowest BCUT2D eigenvalue weighted by Gasteiger charge is -2.29. The molecule has 1 saturated carbocycles. The van der Waals surface area contributed by atoms with Gasteiger partial charge in [-0.15, -0.1) is 0 Å². The molecule has 0 aromatic heterocycles. The summed E-state index contributed by atoms with van der Waals surface area (Å²) >= 11 is 6.39. The van der Waals surface area contributed by atoms with E-state index in [1.807, 2.05) is 31.3 Å². The fraction of sp³-hybridized carbons (Fsp3) is 0.545. The van der Waals surface area contributed by atoms with E-state index in [1.165, 1.54) is 11.1 Å². The molecule has 4 unspecified atom stereocenters. The molecular weight excluding hydrogens is 554 g/mol. The summed E-state index contributed by atoms with van der Waals surface area (Å²) in [6, 6.07) is 11.7. The van der Waals surface area contributed by atoms with Crippen LogP contribution >= 0.6 is 11.6 Å². The molecular formula is C33H44ClN3O3S. The third-order valence-electron chi connectivity index (χ3n) is 8.85. The molecule has 0 saturated heterocycles. The minimum Gasteiger partial charge on any atom is -0.491 e.